The topological polar surface area (TPSA) is 7.76 Å². The molecule has 0 N–H and O–H groups in total. The van der Waals surface area contributed by atoms with E-state index in [0.717, 1.165) is 13.1 Å². The van der Waals surface area contributed by atoms with Crippen LogP contribution in [-0.2, 0) is 13.1 Å². The Kier molecular flexibility index (Phi) is 5.29. The first-order valence-corrected chi connectivity index (χ1v) is 9.75. The van der Waals surface area contributed by atoms with Gasteiger partial charge in [-0.25, -0.2) is 9.13 Å². The summed E-state index contributed by atoms with van der Waals surface area (Å²) >= 11 is 0. The fourth-order valence-corrected chi connectivity index (χ4v) is 3.53. The zero-order valence-electron chi connectivity index (χ0n) is 16.5. The van der Waals surface area contributed by atoms with E-state index in [9.17, 15) is 0 Å². The Morgan fingerprint density at radius 1 is 0.536 bits per heavy atom. The average molecular weight is 367 g/mol. The Hall–Kier alpha value is -3.26. The molecule has 0 aliphatic carbocycles. The van der Waals surface area contributed by atoms with Crippen molar-refractivity contribution in [2.24, 2.45) is 0 Å². The van der Waals surface area contributed by atoms with Crippen LogP contribution < -0.4 is 9.13 Å². The normalized spacial score (nSPS) is 10.8. The lowest BCUT2D eigenvalue weighted by molar-refractivity contribution is -0.688. The Morgan fingerprint density at radius 3 is 1.29 bits per heavy atom. The Balaban J connectivity index is 1.45. The molecule has 0 aliphatic heterocycles. The fourth-order valence-electron chi connectivity index (χ4n) is 3.53. The van der Waals surface area contributed by atoms with Crippen LogP contribution in [0.15, 0.2) is 97.6 Å². The molecule has 2 heterocycles. The van der Waals surface area contributed by atoms with Gasteiger partial charge in [0.25, 0.3) is 0 Å². The standard InChI is InChI=1S/C26H26N2/c1-21-5-3-15-27(17-21)19-23-7-11-25(12-8-23)26-13-9-24(10-14-26)20-28-16-4-6-22(2)18-28/h3-18H,19-20H2,1-2H3/q+2. The molecule has 0 radical (unpaired) electrons. The summed E-state index contributed by atoms with van der Waals surface area (Å²) < 4.78 is 4.45. The van der Waals surface area contributed by atoms with E-state index in [2.05, 4.69) is 121 Å². The van der Waals surface area contributed by atoms with E-state index in [1.165, 1.54) is 33.4 Å². The molecule has 0 saturated heterocycles. The highest BCUT2D eigenvalue weighted by molar-refractivity contribution is 5.63. The minimum absolute atomic E-state index is 0.897. The first-order chi connectivity index (χ1) is 13.7. The molecule has 0 amide bonds. The summed E-state index contributed by atoms with van der Waals surface area (Å²) in [5, 5.41) is 0. The summed E-state index contributed by atoms with van der Waals surface area (Å²) in [7, 11) is 0. The number of hydrogen-bond acceptors (Lipinski definition) is 0. The number of pyridine rings is 2. The first kappa shape index (κ1) is 18.1. The van der Waals surface area contributed by atoms with Crippen molar-refractivity contribution in [3.63, 3.8) is 0 Å². The van der Waals surface area contributed by atoms with Gasteiger partial charge in [0, 0.05) is 34.4 Å². The zero-order valence-corrected chi connectivity index (χ0v) is 16.5. The van der Waals surface area contributed by atoms with Crippen LogP contribution in [-0.4, -0.2) is 0 Å². The van der Waals surface area contributed by atoms with Crippen molar-refractivity contribution in [2.75, 3.05) is 0 Å². The molecule has 4 aromatic rings. The molecule has 28 heavy (non-hydrogen) atoms. The van der Waals surface area contributed by atoms with Gasteiger partial charge in [-0.05, 0) is 37.1 Å². The van der Waals surface area contributed by atoms with E-state index in [1.54, 1.807) is 0 Å². The Bertz CT molecular complexity index is 975. The monoisotopic (exact) mass is 366 g/mol. The number of benzene rings is 2. The molecule has 0 spiro atoms. The second-order valence-corrected chi connectivity index (χ2v) is 7.50. The minimum atomic E-state index is 0.897. The van der Waals surface area contributed by atoms with Gasteiger partial charge in [0.05, 0.1) is 0 Å². The van der Waals surface area contributed by atoms with Crippen LogP contribution in [0, 0.1) is 13.8 Å². The molecular weight excluding hydrogens is 340 g/mol. The van der Waals surface area contributed by atoms with E-state index >= 15 is 0 Å². The van der Waals surface area contributed by atoms with Crippen LogP contribution in [0.4, 0.5) is 0 Å². The predicted molar refractivity (Wildman–Crippen MR) is 113 cm³/mol. The van der Waals surface area contributed by atoms with E-state index in [-0.39, 0.29) is 0 Å². The summed E-state index contributed by atoms with van der Waals surface area (Å²) in [5.41, 5.74) is 7.70. The van der Waals surface area contributed by atoms with Gasteiger partial charge in [-0.15, -0.1) is 0 Å². The van der Waals surface area contributed by atoms with Crippen LogP contribution in [0.5, 0.6) is 0 Å². The van der Waals surface area contributed by atoms with Crippen molar-refractivity contribution in [1.29, 1.82) is 0 Å². The summed E-state index contributed by atoms with van der Waals surface area (Å²) in [6, 6.07) is 26.2. The van der Waals surface area contributed by atoms with Gasteiger partial charge in [-0.3, -0.25) is 0 Å². The quantitative estimate of drug-likeness (QED) is 0.455. The summed E-state index contributed by atoms with van der Waals surface area (Å²) in [6.45, 7) is 6.05. The molecule has 0 unspecified atom stereocenters. The molecule has 2 heteroatoms. The highest BCUT2D eigenvalue weighted by Gasteiger charge is 2.06. The summed E-state index contributed by atoms with van der Waals surface area (Å²) in [4.78, 5) is 0. The van der Waals surface area contributed by atoms with Gasteiger partial charge in [0.15, 0.2) is 37.9 Å². The van der Waals surface area contributed by atoms with Gasteiger partial charge in [-0.2, -0.15) is 0 Å². The lowest BCUT2D eigenvalue weighted by Gasteiger charge is -2.05. The SMILES string of the molecule is Cc1ccc[n+](Cc2ccc(-c3ccc(C[n+]4cccc(C)c4)cc3)cc2)c1. The smallest absolute Gasteiger partial charge is 0.173 e. The van der Waals surface area contributed by atoms with E-state index in [0.29, 0.717) is 0 Å². The van der Waals surface area contributed by atoms with Crippen LogP contribution in [0.1, 0.15) is 22.3 Å². The number of hydrogen-bond donors (Lipinski definition) is 0. The second-order valence-electron chi connectivity index (χ2n) is 7.50. The van der Waals surface area contributed by atoms with E-state index in [4.69, 9.17) is 0 Å². The third-order valence-corrected chi connectivity index (χ3v) is 4.98. The average Bonchev–Trinajstić information content (AvgIpc) is 2.69. The van der Waals surface area contributed by atoms with E-state index in [1.807, 2.05) is 0 Å². The maximum Gasteiger partial charge on any atom is 0.173 e. The van der Waals surface area contributed by atoms with Gasteiger partial charge in [-0.1, -0.05) is 48.5 Å². The number of nitrogens with zero attached hydrogens (tertiary/aromatic N) is 2. The number of aromatic nitrogens is 2. The molecule has 0 saturated carbocycles. The molecule has 2 nitrogen and oxygen atoms in total. The summed E-state index contributed by atoms with van der Waals surface area (Å²) in [6.07, 6.45) is 8.59. The van der Waals surface area contributed by atoms with Crippen LogP contribution in [0.25, 0.3) is 11.1 Å². The first-order valence-electron chi connectivity index (χ1n) is 9.75. The zero-order chi connectivity index (χ0) is 19.3. The fraction of sp³-hybridized carbons (Fsp3) is 0.154. The molecule has 4 rings (SSSR count). The maximum atomic E-state index is 2.22. The van der Waals surface area contributed by atoms with Crippen molar-refractivity contribution in [3.8, 4) is 11.1 Å². The van der Waals surface area contributed by atoms with E-state index < -0.39 is 0 Å². The van der Waals surface area contributed by atoms with Crippen molar-refractivity contribution in [3.05, 3.63) is 120 Å². The lowest BCUT2D eigenvalue weighted by Crippen LogP contribution is -2.33. The Labute approximate surface area is 167 Å². The van der Waals surface area contributed by atoms with Gasteiger partial charge in [0.1, 0.15) is 0 Å². The minimum Gasteiger partial charge on any atom is -0.201 e. The highest BCUT2D eigenvalue weighted by Crippen LogP contribution is 2.20. The third kappa shape index (κ3) is 4.52. The number of rotatable bonds is 5. The molecule has 0 atom stereocenters. The van der Waals surface area contributed by atoms with Crippen molar-refractivity contribution in [1.82, 2.24) is 0 Å². The van der Waals surface area contributed by atoms with Gasteiger partial charge < -0.3 is 0 Å². The molecular formula is C26H26N2+2. The van der Waals surface area contributed by atoms with Crippen LogP contribution in [0.2, 0.25) is 0 Å². The van der Waals surface area contributed by atoms with Crippen molar-refractivity contribution in [2.45, 2.75) is 26.9 Å². The predicted octanol–water partition coefficient (Wildman–Crippen LogP) is 4.64. The van der Waals surface area contributed by atoms with Gasteiger partial charge in [0.2, 0.25) is 0 Å². The van der Waals surface area contributed by atoms with Crippen molar-refractivity contribution >= 4 is 0 Å². The van der Waals surface area contributed by atoms with Crippen LogP contribution >= 0.6 is 0 Å². The molecule has 2 aromatic heterocycles. The maximum absolute atomic E-state index is 2.22. The molecule has 0 aliphatic rings. The van der Waals surface area contributed by atoms with Crippen LogP contribution in [0.3, 0.4) is 0 Å². The highest BCUT2D eigenvalue weighted by atomic mass is 14.9. The molecule has 0 bridgehead atoms. The Morgan fingerprint density at radius 2 is 0.929 bits per heavy atom. The lowest BCUT2D eigenvalue weighted by atomic mass is 10.0. The van der Waals surface area contributed by atoms with Crippen molar-refractivity contribution < 1.29 is 9.13 Å². The van der Waals surface area contributed by atoms with Gasteiger partial charge >= 0.3 is 0 Å². The summed E-state index contributed by atoms with van der Waals surface area (Å²) in [5.74, 6) is 0. The molecule has 0 fully saturated rings. The number of aryl methyl sites for hydroxylation is 2. The third-order valence-electron chi connectivity index (χ3n) is 4.98. The molecule has 2 aromatic carbocycles. The largest absolute Gasteiger partial charge is 0.201 e. The second kappa shape index (κ2) is 8.18. The molecule has 138 valence electrons.